The largest absolute Gasteiger partial charge is 0.492 e. The molecule has 0 bridgehead atoms. The number of carbonyl (C=O) groups excluding carboxylic acids is 1. The van der Waals surface area contributed by atoms with Crippen molar-refractivity contribution < 1.29 is 23.1 Å². The minimum atomic E-state index is -4.65. The van der Waals surface area contributed by atoms with Gasteiger partial charge in [-0.2, -0.15) is 13.2 Å². The summed E-state index contributed by atoms with van der Waals surface area (Å²) in [6.07, 6.45) is -1.88. The lowest BCUT2D eigenvalue weighted by Crippen LogP contribution is -2.11. The van der Waals surface area contributed by atoms with Crippen molar-refractivity contribution in [2.24, 2.45) is 5.73 Å². The first kappa shape index (κ1) is 12.8. The molecule has 0 spiro atoms. The first-order valence-electron chi connectivity index (χ1n) is 4.77. The Balaban J connectivity index is 2.38. The van der Waals surface area contributed by atoms with Crippen molar-refractivity contribution in [3.05, 3.63) is 30.0 Å². The number of nitrogens with two attached hydrogens (primary N) is 1. The lowest BCUT2D eigenvalue weighted by molar-refractivity contribution is -0.145. The molecule has 0 unspecified atom stereocenters. The summed E-state index contributed by atoms with van der Waals surface area (Å²) in [6, 6.07) is 0. The van der Waals surface area contributed by atoms with Crippen LogP contribution in [0.2, 0.25) is 0 Å². The second kappa shape index (κ2) is 4.23. The van der Waals surface area contributed by atoms with Gasteiger partial charge in [0.1, 0.15) is 11.3 Å². The molecule has 0 aliphatic rings. The van der Waals surface area contributed by atoms with E-state index in [0.717, 1.165) is 23.3 Å². The maximum Gasteiger partial charge on any atom is 0.451 e. The zero-order chi connectivity index (χ0) is 14.2. The minimum Gasteiger partial charge on any atom is -0.492 e. The highest BCUT2D eigenvalue weighted by molar-refractivity contribution is 5.94. The molecular formula is C9H6F3N5O2. The van der Waals surface area contributed by atoms with Crippen LogP contribution in [0.5, 0.6) is 5.88 Å². The number of halogens is 3. The first-order chi connectivity index (χ1) is 8.79. The number of rotatable bonds is 2. The highest BCUT2D eigenvalue weighted by Crippen LogP contribution is 2.25. The topological polar surface area (TPSA) is 107 Å². The van der Waals surface area contributed by atoms with Gasteiger partial charge in [0.15, 0.2) is 0 Å². The number of aromatic hydroxyl groups is 1. The van der Waals surface area contributed by atoms with Gasteiger partial charge >= 0.3 is 6.18 Å². The molecule has 0 saturated carbocycles. The summed E-state index contributed by atoms with van der Waals surface area (Å²) in [5, 5.41) is 12.8. The Morgan fingerprint density at radius 2 is 1.89 bits per heavy atom. The minimum absolute atomic E-state index is 0.0378. The third-order valence-electron chi connectivity index (χ3n) is 2.12. The summed E-state index contributed by atoms with van der Waals surface area (Å²) >= 11 is 0. The van der Waals surface area contributed by atoms with Crippen molar-refractivity contribution >= 4 is 5.91 Å². The lowest BCUT2D eigenvalue weighted by Gasteiger charge is -2.05. The van der Waals surface area contributed by atoms with E-state index in [0.29, 0.717) is 0 Å². The summed E-state index contributed by atoms with van der Waals surface area (Å²) in [5.41, 5.74) is 4.73. The third kappa shape index (κ3) is 2.46. The van der Waals surface area contributed by atoms with E-state index in [2.05, 4.69) is 15.1 Å². The van der Waals surface area contributed by atoms with Gasteiger partial charge in [0.25, 0.3) is 5.91 Å². The van der Waals surface area contributed by atoms with E-state index in [9.17, 15) is 23.1 Å². The average molecular weight is 273 g/mol. The molecule has 2 heterocycles. The van der Waals surface area contributed by atoms with Crippen LogP contribution in [0.15, 0.2) is 18.6 Å². The van der Waals surface area contributed by atoms with E-state index in [4.69, 9.17) is 5.73 Å². The van der Waals surface area contributed by atoms with Gasteiger partial charge in [-0.1, -0.05) is 0 Å². The van der Waals surface area contributed by atoms with Crippen molar-refractivity contribution in [3.63, 3.8) is 0 Å². The van der Waals surface area contributed by atoms with Crippen LogP contribution in [0, 0.1) is 0 Å². The normalized spacial score (nSPS) is 11.5. The molecule has 7 nitrogen and oxygen atoms in total. The van der Waals surface area contributed by atoms with Gasteiger partial charge in [-0.25, -0.2) is 14.6 Å². The quantitative estimate of drug-likeness (QED) is 0.827. The summed E-state index contributed by atoms with van der Waals surface area (Å²) in [6.45, 7) is 0. The fourth-order valence-electron chi connectivity index (χ4n) is 1.26. The zero-order valence-corrected chi connectivity index (χ0v) is 9.09. The van der Waals surface area contributed by atoms with Gasteiger partial charge in [0.2, 0.25) is 11.7 Å². The molecule has 0 radical (unpaired) electrons. The molecule has 0 aromatic carbocycles. The molecule has 0 saturated heterocycles. The van der Waals surface area contributed by atoms with E-state index >= 15 is 0 Å². The van der Waals surface area contributed by atoms with Crippen LogP contribution >= 0.6 is 0 Å². The Morgan fingerprint density at radius 3 is 2.32 bits per heavy atom. The second-order valence-electron chi connectivity index (χ2n) is 3.44. The standard InChI is InChI=1S/C9H6F3N5O2/c10-9(11,12)8-14-1-4(2-15-8)17-3-5(6(13)18)7(19)16-17/h1-3H,(H2,13,18)(H,16,19). The number of amides is 1. The molecule has 0 aliphatic carbocycles. The monoisotopic (exact) mass is 273 g/mol. The smallest absolute Gasteiger partial charge is 0.451 e. The number of hydrogen-bond acceptors (Lipinski definition) is 5. The van der Waals surface area contributed by atoms with Crippen LogP contribution in [0.4, 0.5) is 13.2 Å². The van der Waals surface area contributed by atoms with Gasteiger partial charge in [-0.05, 0) is 0 Å². The molecule has 2 aromatic heterocycles. The van der Waals surface area contributed by atoms with Crippen molar-refractivity contribution in [2.45, 2.75) is 6.18 Å². The Kier molecular flexibility index (Phi) is 2.85. The van der Waals surface area contributed by atoms with Gasteiger partial charge in [0, 0.05) is 6.20 Å². The van der Waals surface area contributed by atoms with Gasteiger partial charge in [0.05, 0.1) is 12.4 Å². The van der Waals surface area contributed by atoms with Crippen LogP contribution in [0.25, 0.3) is 5.69 Å². The summed E-state index contributed by atoms with van der Waals surface area (Å²) in [7, 11) is 0. The van der Waals surface area contributed by atoms with E-state index in [1.54, 1.807) is 0 Å². The maximum atomic E-state index is 12.2. The maximum absolute atomic E-state index is 12.2. The molecule has 3 N–H and O–H groups in total. The van der Waals surface area contributed by atoms with Crippen molar-refractivity contribution in [3.8, 4) is 11.6 Å². The molecule has 0 aliphatic heterocycles. The average Bonchev–Trinajstić information content (AvgIpc) is 2.70. The fraction of sp³-hybridized carbons (Fsp3) is 0.111. The molecule has 19 heavy (non-hydrogen) atoms. The SMILES string of the molecule is NC(=O)c1cn(-c2cnc(C(F)(F)F)nc2)nc1O. The molecule has 2 aromatic rings. The van der Waals surface area contributed by atoms with Crippen LogP contribution < -0.4 is 5.73 Å². The Bertz CT molecular complexity index is 620. The molecule has 100 valence electrons. The number of nitrogens with zero attached hydrogens (tertiary/aromatic N) is 4. The zero-order valence-electron chi connectivity index (χ0n) is 9.09. The van der Waals surface area contributed by atoms with Gasteiger partial charge in [-0.15, -0.1) is 5.10 Å². The third-order valence-corrected chi connectivity index (χ3v) is 2.12. The summed E-state index contributed by atoms with van der Waals surface area (Å²) in [4.78, 5) is 17.1. The molecular weight excluding hydrogens is 267 g/mol. The van der Waals surface area contributed by atoms with E-state index < -0.39 is 23.8 Å². The van der Waals surface area contributed by atoms with E-state index in [1.807, 2.05) is 0 Å². The van der Waals surface area contributed by atoms with E-state index in [1.165, 1.54) is 0 Å². The lowest BCUT2D eigenvalue weighted by atomic mass is 10.3. The second-order valence-corrected chi connectivity index (χ2v) is 3.44. The van der Waals surface area contributed by atoms with Crippen molar-refractivity contribution in [1.29, 1.82) is 0 Å². The Morgan fingerprint density at radius 1 is 1.32 bits per heavy atom. The van der Waals surface area contributed by atoms with Crippen LogP contribution in [-0.2, 0) is 6.18 Å². The number of aromatic nitrogens is 4. The Labute approximate surface area is 103 Å². The van der Waals surface area contributed by atoms with Gasteiger partial charge in [-0.3, -0.25) is 4.79 Å². The van der Waals surface area contributed by atoms with Crippen molar-refractivity contribution in [2.75, 3.05) is 0 Å². The molecule has 0 fully saturated rings. The highest BCUT2D eigenvalue weighted by Gasteiger charge is 2.34. The van der Waals surface area contributed by atoms with Crippen LogP contribution in [0.1, 0.15) is 16.2 Å². The molecule has 10 heteroatoms. The fourth-order valence-corrected chi connectivity index (χ4v) is 1.26. The van der Waals surface area contributed by atoms with Crippen LogP contribution in [-0.4, -0.2) is 30.8 Å². The van der Waals surface area contributed by atoms with Gasteiger partial charge < -0.3 is 10.8 Å². The predicted molar refractivity (Wildman–Crippen MR) is 54.3 cm³/mol. The number of carbonyl (C=O) groups is 1. The molecule has 1 amide bonds. The highest BCUT2D eigenvalue weighted by atomic mass is 19.4. The number of hydrogen-bond donors (Lipinski definition) is 2. The van der Waals surface area contributed by atoms with E-state index in [-0.39, 0.29) is 11.3 Å². The molecule has 0 atom stereocenters. The summed E-state index contributed by atoms with van der Waals surface area (Å²) in [5.74, 6) is -2.85. The van der Waals surface area contributed by atoms with Crippen LogP contribution in [0.3, 0.4) is 0 Å². The molecule has 2 rings (SSSR count). The number of primary amides is 1. The predicted octanol–water partition coefficient (Wildman–Crippen LogP) is 0.486. The Hall–Kier alpha value is -2.65. The first-order valence-corrected chi connectivity index (χ1v) is 4.77. The summed E-state index contributed by atoms with van der Waals surface area (Å²) < 4.78 is 37.7. The number of alkyl halides is 3. The van der Waals surface area contributed by atoms with Crippen molar-refractivity contribution in [1.82, 2.24) is 19.7 Å².